The van der Waals surface area contributed by atoms with E-state index >= 15 is 0 Å². The van der Waals surface area contributed by atoms with Crippen LogP contribution in [0.1, 0.15) is 12.5 Å². The number of benzene rings is 1. The van der Waals surface area contributed by atoms with Gasteiger partial charge in [0.25, 0.3) is 0 Å². The van der Waals surface area contributed by atoms with Crippen molar-refractivity contribution in [2.24, 2.45) is 0 Å². The fourth-order valence-corrected chi connectivity index (χ4v) is 1.00. The van der Waals surface area contributed by atoms with Crippen molar-refractivity contribution in [1.29, 1.82) is 0 Å². The Morgan fingerprint density at radius 2 is 2.08 bits per heavy atom. The number of ketones is 1. The van der Waals surface area contributed by atoms with Crippen molar-refractivity contribution in [1.82, 2.24) is 0 Å². The van der Waals surface area contributed by atoms with E-state index in [9.17, 15) is 13.6 Å². The SMILES string of the molecule is CC(=O)C(F)Cc1ccccc1F. The zero-order valence-electron chi connectivity index (χ0n) is 7.26. The average molecular weight is 184 g/mol. The van der Waals surface area contributed by atoms with E-state index in [4.69, 9.17) is 0 Å². The van der Waals surface area contributed by atoms with Gasteiger partial charge in [-0.05, 0) is 18.6 Å². The summed E-state index contributed by atoms with van der Waals surface area (Å²) in [4.78, 5) is 10.6. The van der Waals surface area contributed by atoms with Gasteiger partial charge in [0.05, 0.1) is 0 Å². The first-order valence-electron chi connectivity index (χ1n) is 3.99. The van der Waals surface area contributed by atoms with E-state index in [0.29, 0.717) is 0 Å². The molecular weight excluding hydrogens is 174 g/mol. The fourth-order valence-electron chi connectivity index (χ4n) is 1.00. The van der Waals surface area contributed by atoms with E-state index in [1.165, 1.54) is 18.2 Å². The van der Waals surface area contributed by atoms with Crippen LogP contribution >= 0.6 is 0 Å². The molecule has 0 fully saturated rings. The largest absolute Gasteiger partial charge is 0.297 e. The molecule has 0 aliphatic heterocycles. The van der Waals surface area contributed by atoms with Crippen molar-refractivity contribution < 1.29 is 13.6 Å². The standard InChI is InChI=1S/C10H10F2O/c1-7(13)10(12)6-8-4-2-3-5-9(8)11/h2-5,10H,6H2,1H3. The summed E-state index contributed by atoms with van der Waals surface area (Å²) in [7, 11) is 0. The van der Waals surface area contributed by atoms with Crippen LogP contribution in [0.5, 0.6) is 0 Å². The van der Waals surface area contributed by atoms with Crippen LogP contribution in [0, 0.1) is 5.82 Å². The van der Waals surface area contributed by atoms with Crippen molar-refractivity contribution in [2.45, 2.75) is 19.5 Å². The molecule has 1 atom stereocenters. The number of carbonyl (C=O) groups excluding carboxylic acids is 1. The highest BCUT2D eigenvalue weighted by molar-refractivity contribution is 5.80. The van der Waals surface area contributed by atoms with Crippen LogP contribution in [0.25, 0.3) is 0 Å². The second kappa shape index (κ2) is 4.12. The molecule has 13 heavy (non-hydrogen) atoms. The van der Waals surface area contributed by atoms with Crippen LogP contribution < -0.4 is 0 Å². The van der Waals surface area contributed by atoms with Gasteiger partial charge in [0, 0.05) is 6.42 Å². The smallest absolute Gasteiger partial charge is 0.164 e. The third kappa shape index (κ3) is 2.61. The minimum absolute atomic E-state index is 0.179. The summed E-state index contributed by atoms with van der Waals surface area (Å²) in [6.45, 7) is 1.16. The summed E-state index contributed by atoms with van der Waals surface area (Å²) in [6.07, 6.45) is -1.78. The van der Waals surface area contributed by atoms with Crippen LogP contribution in [0.2, 0.25) is 0 Å². The Balaban J connectivity index is 2.74. The molecule has 0 saturated carbocycles. The van der Waals surface area contributed by atoms with Gasteiger partial charge >= 0.3 is 0 Å². The van der Waals surface area contributed by atoms with Crippen molar-refractivity contribution in [3.8, 4) is 0 Å². The summed E-state index contributed by atoms with van der Waals surface area (Å²) in [6, 6.07) is 5.87. The highest BCUT2D eigenvalue weighted by Crippen LogP contribution is 2.11. The van der Waals surface area contributed by atoms with E-state index in [0.717, 1.165) is 6.92 Å². The molecule has 0 N–H and O–H groups in total. The second-order valence-electron chi connectivity index (χ2n) is 2.87. The Hall–Kier alpha value is -1.25. The van der Waals surface area contributed by atoms with Gasteiger partial charge in [-0.2, -0.15) is 0 Å². The maximum absolute atomic E-state index is 12.9. The molecule has 0 heterocycles. The number of hydrogen-bond acceptors (Lipinski definition) is 1. The molecule has 1 aromatic rings. The molecule has 1 rings (SSSR count). The maximum Gasteiger partial charge on any atom is 0.164 e. The molecule has 1 aromatic carbocycles. The lowest BCUT2D eigenvalue weighted by molar-refractivity contribution is -0.121. The molecule has 0 aliphatic carbocycles. The van der Waals surface area contributed by atoms with Gasteiger partial charge in [-0.25, -0.2) is 8.78 Å². The van der Waals surface area contributed by atoms with Gasteiger partial charge in [0.2, 0.25) is 0 Å². The van der Waals surface area contributed by atoms with Gasteiger partial charge < -0.3 is 0 Å². The van der Waals surface area contributed by atoms with Crippen molar-refractivity contribution in [2.75, 3.05) is 0 Å². The average Bonchev–Trinajstić information content (AvgIpc) is 2.08. The molecule has 0 amide bonds. The molecule has 1 nitrogen and oxygen atoms in total. The molecule has 0 aliphatic rings. The Labute approximate surface area is 75.4 Å². The van der Waals surface area contributed by atoms with E-state index in [1.807, 2.05) is 0 Å². The quantitative estimate of drug-likeness (QED) is 0.704. The summed E-state index contributed by atoms with van der Waals surface area (Å²) in [5.41, 5.74) is 0.241. The lowest BCUT2D eigenvalue weighted by Gasteiger charge is -2.04. The molecule has 70 valence electrons. The van der Waals surface area contributed by atoms with Gasteiger partial charge in [-0.15, -0.1) is 0 Å². The van der Waals surface area contributed by atoms with Crippen molar-refractivity contribution in [3.63, 3.8) is 0 Å². The molecule has 3 heteroatoms. The molecule has 0 spiro atoms. The van der Waals surface area contributed by atoms with E-state index in [1.54, 1.807) is 6.07 Å². The fraction of sp³-hybridized carbons (Fsp3) is 0.300. The van der Waals surface area contributed by atoms with Gasteiger partial charge in [-0.1, -0.05) is 18.2 Å². The van der Waals surface area contributed by atoms with Crippen molar-refractivity contribution >= 4 is 5.78 Å². The first-order chi connectivity index (χ1) is 6.11. The predicted octanol–water partition coefficient (Wildman–Crippen LogP) is 2.30. The first-order valence-corrected chi connectivity index (χ1v) is 3.99. The molecule has 0 radical (unpaired) electrons. The number of hydrogen-bond donors (Lipinski definition) is 0. The minimum atomic E-state index is -1.60. The lowest BCUT2D eigenvalue weighted by atomic mass is 10.1. The second-order valence-corrected chi connectivity index (χ2v) is 2.87. The van der Waals surface area contributed by atoms with Crippen molar-refractivity contribution in [3.05, 3.63) is 35.6 Å². The minimum Gasteiger partial charge on any atom is -0.297 e. The Kier molecular flexibility index (Phi) is 3.12. The van der Waals surface area contributed by atoms with Crippen LogP contribution in [0.3, 0.4) is 0 Å². The van der Waals surface area contributed by atoms with Gasteiger partial charge in [0.15, 0.2) is 12.0 Å². The highest BCUT2D eigenvalue weighted by atomic mass is 19.1. The third-order valence-corrected chi connectivity index (χ3v) is 1.80. The summed E-state index contributed by atoms with van der Waals surface area (Å²) in [5.74, 6) is -1.03. The Morgan fingerprint density at radius 1 is 1.46 bits per heavy atom. The van der Waals surface area contributed by atoms with E-state index in [2.05, 4.69) is 0 Å². The van der Waals surface area contributed by atoms with E-state index in [-0.39, 0.29) is 12.0 Å². The first kappa shape index (κ1) is 9.84. The topological polar surface area (TPSA) is 17.1 Å². The summed E-state index contributed by atoms with van der Waals surface area (Å²) < 4.78 is 25.8. The molecular formula is C10H10F2O. The van der Waals surface area contributed by atoms with E-state index < -0.39 is 17.8 Å². The monoisotopic (exact) mass is 184 g/mol. The Bertz CT molecular complexity index is 310. The van der Waals surface area contributed by atoms with Crippen LogP contribution in [-0.2, 0) is 11.2 Å². The van der Waals surface area contributed by atoms with Crippen LogP contribution in [0.15, 0.2) is 24.3 Å². The Morgan fingerprint density at radius 3 is 2.62 bits per heavy atom. The molecule has 0 bridgehead atoms. The number of halogens is 2. The number of carbonyl (C=O) groups is 1. The number of Topliss-reactive ketones (excluding diaryl/α,β-unsaturated/α-hetero) is 1. The van der Waals surface area contributed by atoms with Gasteiger partial charge in [0.1, 0.15) is 5.82 Å². The zero-order valence-corrected chi connectivity index (χ0v) is 7.26. The molecule has 0 saturated heterocycles. The molecule has 1 unspecified atom stereocenters. The van der Waals surface area contributed by atoms with Gasteiger partial charge in [-0.3, -0.25) is 4.79 Å². The predicted molar refractivity (Wildman–Crippen MR) is 45.7 cm³/mol. The molecule has 0 aromatic heterocycles. The summed E-state index contributed by atoms with van der Waals surface area (Å²) >= 11 is 0. The normalized spacial score (nSPS) is 12.5. The maximum atomic E-state index is 12.9. The number of alkyl halides is 1. The zero-order chi connectivity index (χ0) is 9.84. The lowest BCUT2D eigenvalue weighted by Crippen LogP contribution is -2.15. The number of rotatable bonds is 3. The summed E-state index contributed by atoms with van der Waals surface area (Å²) in [5, 5.41) is 0. The van der Waals surface area contributed by atoms with Crippen LogP contribution in [-0.4, -0.2) is 12.0 Å². The third-order valence-electron chi connectivity index (χ3n) is 1.80. The van der Waals surface area contributed by atoms with Crippen LogP contribution in [0.4, 0.5) is 8.78 Å². The highest BCUT2D eigenvalue weighted by Gasteiger charge is 2.14.